The van der Waals surface area contributed by atoms with Gasteiger partial charge in [0.15, 0.2) is 0 Å². The number of benzene rings is 2. The second-order valence-corrected chi connectivity index (χ2v) is 8.05. The third-order valence-corrected chi connectivity index (χ3v) is 5.05. The lowest BCUT2D eigenvalue weighted by Crippen LogP contribution is -2.61. The van der Waals surface area contributed by atoms with E-state index in [2.05, 4.69) is 4.18 Å². The molecule has 2 aromatic carbocycles. The number of hydrogen-bond acceptors (Lipinski definition) is 10. The third-order valence-electron chi connectivity index (χ3n) is 4.58. The van der Waals surface area contributed by atoms with Gasteiger partial charge in [0, 0.05) is 6.07 Å². The van der Waals surface area contributed by atoms with Crippen LogP contribution in [0.15, 0.2) is 42.5 Å². The molecule has 0 aromatic heterocycles. The summed E-state index contributed by atoms with van der Waals surface area (Å²) in [6.07, 6.45) is -5.20. The van der Waals surface area contributed by atoms with Gasteiger partial charge in [-0.25, -0.2) is 4.18 Å². The molecule has 1 fully saturated rings. The number of phenols is 2. The van der Waals surface area contributed by atoms with Gasteiger partial charge in [-0.2, -0.15) is 8.42 Å². The first-order valence-corrected chi connectivity index (χ1v) is 10.7. The van der Waals surface area contributed by atoms with Gasteiger partial charge in [0.25, 0.3) is 0 Å². The van der Waals surface area contributed by atoms with Gasteiger partial charge in [-0.15, -0.1) is 0 Å². The highest BCUT2D eigenvalue weighted by atomic mass is 32.3. The lowest BCUT2D eigenvalue weighted by Gasteiger charge is -2.40. The van der Waals surface area contributed by atoms with Crippen molar-refractivity contribution in [2.75, 3.05) is 6.61 Å². The van der Waals surface area contributed by atoms with Crippen LogP contribution in [0.5, 0.6) is 17.2 Å². The number of rotatable bonds is 7. The van der Waals surface area contributed by atoms with E-state index in [0.29, 0.717) is 5.56 Å². The highest BCUT2D eigenvalue weighted by Crippen LogP contribution is 2.30. The van der Waals surface area contributed by atoms with Crippen LogP contribution in [0, 0.1) is 0 Å². The molecule has 0 bridgehead atoms. The van der Waals surface area contributed by atoms with E-state index < -0.39 is 47.7 Å². The third kappa shape index (κ3) is 6.17. The van der Waals surface area contributed by atoms with Crippen molar-refractivity contribution in [3.63, 3.8) is 0 Å². The van der Waals surface area contributed by atoms with Crippen molar-refractivity contribution in [1.82, 2.24) is 0 Å². The molecule has 11 nitrogen and oxygen atoms in total. The highest BCUT2D eigenvalue weighted by molar-refractivity contribution is 7.80. The lowest BCUT2D eigenvalue weighted by atomic mass is 9.99. The van der Waals surface area contributed by atoms with Crippen molar-refractivity contribution in [3.05, 3.63) is 53.6 Å². The fourth-order valence-corrected chi connectivity index (χ4v) is 3.60. The summed E-state index contributed by atoms with van der Waals surface area (Å²) in [4.78, 5) is 0. The number of hydrogen-bond donors (Lipinski definition) is 6. The summed E-state index contributed by atoms with van der Waals surface area (Å²) in [7, 11) is -5.04. The summed E-state index contributed by atoms with van der Waals surface area (Å²) in [5, 5.41) is 49.1. The maximum atomic E-state index is 11.1. The van der Waals surface area contributed by atoms with Crippen LogP contribution in [0.2, 0.25) is 0 Å². The minimum absolute atomic E-state index is 0.0121. The lowest BCUT2D eigenvalue weighted by molar-refractivity contribution is -0.272. The first-order chi connectivity index (χ1) is 15.1. The van der Waals surface area contributed by atoms with Crippen molar-refractivity contribution in [3.8, 4) is 17.2 Å². The Kier molecular flexibility index (Phi) is 7.36. The van der Waals surface area contributed by atoms with Gasteiger partial charge in [0.2, 0.25) is 6.29 Å². The maximum absolute atomic E-state index is 11.1. The van der Waals surface area contributed by atoms with Gasteiger partial charge in [0.05, 0.1) is 6.61 Å². The minimum Gasteiger partial charge on any atom is -0.508 e. The van der Waals surface area contributed by atoms with Gasteiger partial charge < -0.3 is 35.0 Å². The molecule has 0 radical (unpaired) electrons. The fourth-order valence-electron chi connectivity index (χ4n) is 3.09. The van der Waals surface area contributed by atoms with Gasteiger partial charge in [0.1, 0.15) is 41.7 Å². The molecule has 6 N–H and O–H groups in total. The summed E-state index contributed by atoms with van der Waals surface area (Å²) in [5.41, 5.74) is 1.26. The SMILES string of the molecule is O=S(=O)(O)OC1C(O)C(CO)OC(Oc2cc(O)cc(C=Cc3ccc(O)cc3)c2)C1O. The van der Waals surface area contributed by atoms with Gasteiger partial charge in [-0.3, -0.25) is 4.55 Å². The Bertz CT molecular complexity index is 1050. The number of aliphatic hydroxyl groups excluding tert-OH is 3. The molecule has 12 heteroatoms. The molecule has 0 saturated carbocycles. The molecule has 0 amide bonds. The van der Waals surface area contributed by atoms with E-state index in [0.717, 1.165) is 5.56 Å². The van der Waals surface area contributed by atoms with Crippen LogP contribution >= 0.6 is 0 Å². The van der Waals surface area contributed by atoms with Crippen LogP contribution in [0.4, 0.5) is 0 Å². The second kappa shape index (κ2) is 9.83. The molecule has 174 valence electrons. The van der Waals surface area contributed by atoms with Gasteiger partial charge >= 0.3 is 10.4 Å². The molecule has 0 spiro atoms. The first kappa shape index (κ1) is 23.9. The minimum atomic E-state index is -5.04. The summed E-state index contributed by atoms with van der Waals surface area (Å²) >= 11 is 0. The predicted molar refractivity (Wildman–Crippen MR) is 110 cm³/mol. The van der Waals surface area contributed by atoms with Crippen LogP contribution in [0.25, 0.3) is 12.2 Å². The van der Waals surface area contributed by atoms with Crippen LogP contribution in [-0.4, -0.2) is 75.8 Å². The molecule has 32 heavy (non-hydrogen) atoms. The zero-order valence-corrected chi connectivity index (χ0v) is 17.2. The van der Waals surface area contributed by atoms with Crippen molar-refractivity contribution in [1.29, 1.82) is 0 Å². The summed E-state index contributed by atoms with van der Waals surface area (Å²) in [5.74, 6) is -0.0652. The number of aliphatic hydroxyl groups is 3. The standard InChI is InChI=1S/C20H22O11S/c21-10-16-17(24)19(31-32(26,27)28)18(25)20(30-16)29-15-8-12(7-14(23)9-15)2-1-11-3-5-13(22)6-4-11/h1-9,16-25H,10H2,(H,26,27,28). The van der Waals surface area contributed by atoms with E-state index in [4.69, 9.17) is 14.0 Å². The Morgan fingerprint density at radius 2 is 1.59 bits per heavy atom. The smallest absolute Gasteiger partial charge is 0.397 e. The Morgan fingerprint density at radius 3 is 2.22 bits per heavy atom. The average molecular weight is 470 g/mol. The Morgan fingerprint density at radius 1 is 0.938 bits per heavy atom. The van der Waals surface area contributed by atoms with E-state index in [9.17, 15) is 34.0 Å². The maximum Gasteiger partial charge on any atom is 0.397 e. The fraction of sp³-hybridized carbons (Fsp3) is 0.300. The van der Waals surface area contributed by atoms with Crippen molar-refractivity contribution in [2.45, 2.75) is 30.7 Å². The van der Waals surface area contributed by atoms with Gasteiger partial charge in [-0.1, -0.05) is 24.3 Å². The normalized spacial score (nSPS) is 26.3. The molecule has 2 aromatic rings. The van der Waals surface area contributed by atoms with Crippen molar-refractivity contribution in [2.24, 2.45) is 0 Å². The molecule has 5 atom stereocenters. The van der Waals surface area contributed by atoms with Crippen LogP contribution in [0.1, 0.15) is 11.1 Å². The molecule has 1 heterocycles. The van der Waals surface area contributed by atoms with Crippen molar-refractivity contribution < 1.29 is 52.2 Å². The van der Waals surface area contributed by atoms with E-state index in [-0.39, 0.29) is 17.2 Å². The molecule has 1 aliphatic rings. The van der Waals surface area contributed by atoms with Crippen LogP contribution < -0.4 is 4.74 Å². The number of aromatic hydroxyl groups is 2. The van der Waals surface area contributed by atoms with E-state index in [1.54, 1.807) is 24.3 Å². The van der Waals surface area contributed by atoms with Crippen LogP contribution in [-0.2, 0) is 19.3 Å². The average Bonchev–Trinajstić information content (AvgIpc) is 2.72. The number of ether oxygens (including phenoxy) is 2. The molecule has 3 rings (SSSR count). The predicted octanol–water partition coefficient (Wildman–Crippen LogP) is 0.274. The van der Waals surface area contributed by atoms with Gasteiger partial charge in [-0.05, 0) is 35.4 Å². The molecular formula is C20H22O11S. The monoisotopic (exact) mass is 470 g/mol. The van der Waals surface area contributed by atoms with E-state index in [1.165, 1.54) is 30.3 Å². The summed E-state index contributed by atoms with van der Waals surface area (Å²) in [6.45, 7) is -0.764. The number of phenolic OH excluding ortho intramolecular Hbond substituents is 2. The van der Waals surface area contributed by atoms with Crippen LogP contribution in [0.3, 0.4) is 0 Å². The second-order valence-electron chi connectivity index (χ2n) is 7.00. The topological polar surface area (TPSA) is 183 Å². The molecule has 1 saturated heterocycles. The zero-order valence-electron chi connectivity index (χ0n) is 16.4. The zero-order chi connectivity index (χ0) is 23.5. The summed E-state index contributed by atoms with van der Waals surface area (Å²) < 4.78 is 46.1. The Hall–Kier alpha value is -2.71. The molecule has 1 aliphatic heterocycles. The van der Waals surface area contributed by atoms with E-state index in [1.807, 2.05) is 0 Å². The molecular weight excluding hydrogens is 448 g/mol. The largest absolute Gasteiger partial charge is 0.508 e. The molecule has 0 aliphatic carbocycles. The highest BCUT2D eigenvalue weighted by Gasteiger charge is 2.48. The summed E-state index contributed by atoms with van der Waals surface area (Å²) in [6, 6.07) is 10.5. The molecule has 5 unspecified atom stereocenters. The Labute approximate surface area is 183 Å². The van der Waals surface area contributed by atoms with E-state index >= 15 is 0 Å². The van der Waals surface area contributed by atoms with Crippen molar-refractivity contribution >= 4 is 22.6 Å². The Balaban J connectivity index is 1.81. The first-order valence-electron chi connectivity index (χ1n) is 9.32. The quantitative estimate of drug-likeness (QED) is 0.241.